The van der Waals surface area contributed by atoms with E-state index < -0.39 is 0 Å². The molecule has 0 radical (unpaired) electrons. The van der Waals surface area contributed by atoms with Crippen molar-refractivity contribution in [3.8, 4) is 11.5 Å². The number of benzene rings is 2. The van der Waals surface area contributed by atoms with Gasteiger partial charge in [0.15, 0.2) is 5.78 Å². The number of imidazole rings is 1. The lowest BCUT2D eigenvalue weighted by atomic mass is 9.93. The van der Waals surface area contributed by atoms with Gasteiger partial charge in [0.1, 0.15) is 17.3 Å². The van der Waals surface area contributed by atoms with E-state index in [4.69, 9.17) is 9.47 Å². The molecule has 1 amide bonds. The van der Waals surface area contributed by atoms with Crippen LogP contribution < -0.4 is 9.47 Å². The van der Waals surface area contributed by atoms with Crippen LogP contribution in [0, 0.1) is 0 Å². The number of fused-ring (bicyclic) bond motifs is 1. The number of nitrogens with zero attached hydrogens (tertiary/aromatic N) is 3. The van der Waals surface area contributed by atoms with Gasteiger partial charge in [-0.25, -0.2) is 4.98 Å². The summed E-state index contributed by atoms with van der Waals surface area (Å²) in [5.74, 6) is 2.64. The Hall–Kier alpha value is -3.61. The van der Waals surface area contributed by atoms with Crippen LogP contribution in [-0.4, -0.2) is 53.5 Å². The lowest BCUT2D eigenvalue weighted by Gasteiger charge is -2.33. The van der Waals surface area contributed by atoms with Gasteiger partial charge < -0.3 is 18.9 Å². The molecule has 3 aromatic rings. The molecule has 1 fully saturated rings. The Morgan fingerprint density at radius 1 is 1.06 bits per heavy atom. The van der Waals surface area contributed by atoms with E-state index in [1.165, 1.54) is 0 Å². The Balaban J connectivity index is 1.26. The number of piperidine rings is 1. The van der Waals surface area contributed by atoms with Crippen molar-refractivity contribution in [2.45, 2.75) is 37.6 Å². The highest BCUT2D eigenvalue weighted by Gasteiger charge is 2.37. The molecular formula is C27H29N3O4. The summed E-state index contributed by atoms with van der Waals surface area (Å²) >= 11 is 0. The van der Waals surface area contributed by atoms with Crippen LogP contribution in [0.25, 0.3) is 0 Å². The highest BCUT2D eigenvalue weighted by atomic mass is 16.5. The first-order valence-corrected chi connectivity index (χ1v) is 11.7. The maximum Gasteiger partial charge on any atom is 0.230 e. The number of aromatic nitrogens is 2. The van der Waals surface area contributed by atoms with Gasteiger partial charge in [-0.05, 0) is 36.1 Å². The summed E-state index contributed by atoms with van der Waals surface area (Å²) in [6, 6.07) is 13.4. The van der Waals surface area contributed by atoms with Crippen molar-refractivity contribution in [3.05, 3.63) is 77.4 Å². The third kappa shape index (κ3) is 4.18. The summed E-state index contributed by atoms with van der Waals surface area (Å²) in [6.45, 7) is 2.02. The summed E-state index contributed by atoms with van der Waals surface area (Å²) in [7, 11) is 3.30. The minimum Gasteiger partial charge on any atom is -0.497 e. The summed E-state index contributed by atoms with van der Waals surface area (Å²) in [4.78, 5) is 32.2. The Labute approximate surface area is 199 Å². The van der Waals surface area contributed by atoms with Gasteiger partial charge in [-0.1, -0.05) is 24.3 Å². The normalized spacial score (nSPS) is 18.1. The maximum atomic E-state index is 13.3. The van der Waals surface area contributed by atoms with E-state index in [0.717, 1.165) is 41.3 Å². The number of rotatable bonds is 6. The van der Waals surface area contributed by atoms with E-state index in [2.05, 4.69) is 9.55 Å². The Morgan fingerprint density at radius 2 is 1.76 bits per heavy atom. The van der Waals surface area contributed by atoms with Gasteiger partial charge in [0.05, 0.1) is 20.1 Å². The number of carbonyl (C=O) groups is 2. The fraction of sp³-hybridized carbons (Fsp3) is 0.370. The molecule has 1 atom stereocenters. The molecule has 7 nitrogen and oxygen atoms in total. The van der Waals surface area contributed by atoms with Gasteiger partial charge in [-0.2, -0.15) is 0 Å². The fourth-order valence-corrected chi connectivity index (χ4v) is 5.23. The lowest BCUT2D eigenvalue weighted by molar-refractivity contribution is -0.133. The standard InChI is InChI=1S/C27H29N3O4/c1-33-20-13-18(14-21(15-20)34-2)17-30-12-9-28-26(30)19-7-10-29(11-8-19)27(32)24-16-25(31)23-6-4-3-5-22(23)24/h3-6,9,12-15,19,24H,7-8,10-11,16-17H2,1-2H3. The molecule has 2 aliphatic rings. The van der Waals surface area contributed by atoms with Gasteiger partial charge in [0.25, 0.3) is 0 Å². The number of Topliss-reactive ketones (excluding diaryl/α,β-unsaturated/α-hetero) is 1. The summed E-state index contributed by atoms with van der Waals surface area (Å²) in [6.07, 6.45) is 5.83. The highest BCUT2D eigenvalue weighted by molar-refractivity contribution is 6.06. The third-order valence-electron chi connectivity index (χ3n) is 7.01. The fourth-order valence-electron chi connectivity index (χ4n) is 5.23. The SMILES string of the molecule is COc1cc(Cn2ccnc2C2CCN(C(=O)C3CC(=O)c4ccccc43)CC2)cc(OC)c1. The summed E-state index contributed by atoms with van der Waals surface area (Å²) in [5, 5.41) is 0. The number of ketones is 1. The molecule has 0 N–H and O–H groups in total. The molecule has 176 valence electrons. The van der Waals surface area contributed by atoms with E-state index in [9.17, 15) is 9.59 Å². The van der Waals surface area contributed by atoms with E-state index in [0.29, 0.717) is 25.2 Å². The number of amides is 1. The number of hydrogen-bond acceptors (Lipinski definition) is 5. The predicted molar refractivity (Wildman–Crippen MR) is 128 cm³/mol. The van der Waals surface area contributed by atoms with Crippen molar-refractivity contribution >= 4 is 11.7 Å². The maximum absolute atomic E-state index is 13.3. The molecule has 1 saturated heterocycles. The zero-order valence-electron chi connectivity index (χ0n) is 19.6. The Kier molecular flexibility index (Phi) is 6.09. The molecule has 1 aromatic heterocycles. The number of methoxy groups -OCH3 is 2. The second-order valence-corrected chi connectivity index (χ2v) is 9.00. The van der Waals surface area contributed by atoms with Gasteiger partial charge in [-0.15, -0.1) is 0 Å². The number of carbonyl (C=O) groups excluding carboxylic acids is 2. The quantitative estimate of drug-likeness (QED) is 0.557. The smallest absolute Gasteiger partial charge is 0.230 e. The number of hydrogen-bond donors (Lipinski definition) is 0. The van der Waals surface area contributed by atoms with Crippen LogP contribution in [-0.2, 0) is 11.3 Å². The molecule has 7 heteroatoms. The van der Waals surface area contributed by atoms with E-state index in [1.54, 1.807) is 14.2 Å². The molecule has 0 saturated carbocycles. The van der Waals surface area contributed by atoms with Crippen LogP contribution in [0.2, 0.25) is 0 Å². The van der Waals surface area contributed by atoms with E-state index >= 15 is 0 Å². The molecule has 1 aliphatic carbocycles. The summed E-state index contributed by atoms with van der Waals surface area (Å²) < 4.78 is 13.0. The van der Waals surface area contributed by atoms with Gasteiger partial charge >= 0.3 is 0 Å². The molecular weight excluding hydrogens is 430 g/mol. The molecule has 1 aliphatic heterocycles. The van der Waals surface area contributed by atoms with Crippen LogP contribution in [0.1, 0.15) is 58.4 Å². The van der Waals surface area contributed by atoms with Crippen molar-refractivity contribution < 1.29 is 19.1 Å². The van der Waals surface area contributed by atoms with Gasteiger partial charge in [0, 0.05) is 56.0 Å². The average Bonchev–Trinajstić information content (AvgIpc) is 3.48. The van der Waals surface area contributed by atoms with Gasteiger partial charge in [0.2, 0.25) is 5.91 Å². The van der Waals surface area contributed by atoms with E-state index in [1.807, 2.05) is 59.8 Å². The first-order chi connectivity index (χ1) is 16.6. The molecule has 2 aromatic carbocycles. The highest BCUT2D eigenvalue weighted by Crippen LogP contribution is 2.36. The Morgan fingerprint density at radius 3 is 2.47 bits per heavy atom. The molecule has 0 bridgehead atoms. The minimum atomic E-state index is -0.342. The van der Waals surface area contributed by atoms with Gasteiger partial charge in [-0.3, -0.25) is 9.59 Å². The Bertz CT molecular complexity index is 1190. The monoisotopic (exact) mass is 459 g/mol. The molecule has 1 unspecified atom stereocenters. The molecule has 0 spiro atoms. The lowest BCUT2D eigenvalue weighted by Crippen LogP contribution is -2.40. The molecule has 2 heterocycles. The predicted octanol–water partition coefficient (Wildman–Crippen LogP) is 4.02. The van der Waals surface area contributed by atoms with E-state index in [-0.39, 0.29) is 29.9 Å². The second kappa shape index (κ2) is 9.33. The van der Waals surface area contributed by atoms with Crippen LogP contribution in [0.3, 0.4) is 0 Å². The zero-order valence-corrected chi connectivity index (χ0v) is 19.6. The van der Waals surface area contributed by atoms with Crippen molar-refractivity contribution in [1.29, 1.82) is 0 Å². The van der Waals surface area contributed by atoms with Crippen LogP contribution >= 0.6 is 0 Å². The average molecular weight is 460 g/mol. The largest absolute Gasteiger partial charge is 0.497 e. The zero-order chi connectivity index (χ0) is 23.7. The topological polar surface area (TPSA) is 73.7 Å². The first kappa shape index (κ1) is 22.2. The minimum absolute atomic E-state index is 0.0695. The molecule has 34 heavy (non-hydrogen) atoms. The second-order valence-electron chi connectivity index (χ2n) is 9.00. The van der Waals surface area contributed by atoms with Crippen LogP contribution in [0.15, 0.2) is 54.9 Å². The number of ether oxygens (including phenoxy) is 2. The van der Waals surface area contributed by atoms with Crippen LogP contribution in [0.4, 0.5) is 0 Å². The first-order valence-electron chi connectivity index (χ1n) is 11.7. The molecule has 5 rings (SSSR count). The van der Waals surface area contributed by atoms with Crippen molar-refractivity contribution in [1.82, 2.24) is 14.5 Å². The summed E-state index contributed by atoms with van der Waals surface area (Å²) in [5.41, 5.74) is 2.66. The van der Waals surface area contributed by atoms with Crippen molar-refractivity contribution in [3.63, 3.8) is 0 Å². The van der Waals surface area contributed by atoms with Crippen LogP contribution in [0.5, 0.6) is 11.5 Å². The third-order valence-corrected chi connectivity index (χ3v) is 7.01. The van der Waals surface area contributed by atoms with Crippen molar-refractivity contribution in [2.75, 3.05) is 27.3 Å². The number of likely N-dealkylation sites (tertiary alicyclic amines) is 1. The van der Waals surface area contributed by atoms with Crippen molar-refractivity contribution in [2.24, 2.45) is 0 Å².